The van der Waals surface area contributed by atoms with Crippen molar-refractivity contribution in [3.8, 4) is 33.8 Å². The van der Waals surface area contributed by atoms with Crippen LogP contribution >= 0.6 is 0 Å². The summed E-state index contributed by atoms with van der Waals surface area (Å²) in [7, 11) is 0. The molecular formula is C54H43BN2. The van der Waals surface area contributed by atoms with Gasteiger partial charge in [-0.1, -0.05) is 157 Å². The maximum atomic E-state index is 2.64. The molecule has 2 aliphatic rings. The average molecular weight is 731 g/mol. The summed E-state index contributed by atoms with van der Waals surface area (Å²) >= 11 is 0. The van der Waals surface area contributed by atoms with Crippen LogP contribution in [-0.4, -0.2) is 15.8 Å². The Hall–Kier alpha value is -6.32. The van der Waals surface area contributed by atoms with Crippen molar-refractivity contribution < 1.29 is 0 Å². The van der Waals surface area contributed by atoms with Gasteiger partial charge in [-0.2, -0.15) is 0 Å². The Morgan fingerprint density at radius 1 is 0.421 bits per heavy atom. The highest BCUT2D eigenvalue weighted by Crippen LogP contribution is 2.47. The van der Waals surface area contributed by atoms with E-state index >= 15 is 0 Å². The Balaban J connectivity index is 1.35. The zero-order chi connectivity index (χ0) is 38.5. The minimum absolute atomic E-state index is 0.0295. The number of rotatable bonds is 2. The van der Waals surface area contributed by atoms with Crippen LogP contribution in [0.3, 0.4) is 0 Å². The highest BCUT2D eigenvalue weighted by molar-refractivity contribution is 7.01. The summed E-state index contributed by atoms with van der Waals surface area (Å²) in [5.74, 6) is 0. The predicted octanol–water partition coefficient (Wildman–Crippen LogP) is 12.1. The Morgan fingerprint density at radius 2 is 1.09 bits per heavy atom. The van der Waals surface area contributed by atoms with Crippen molar-refractivity contribution in [1.29, 1.82) is 0 Å². The SMILES string of the molecule is CC(C)(C)c1ccc2c(c1)c1cc(C(C)(C)C)cc3c1n2-c1cccc2c1B3c1c3ccc4ccccc4c3cc3c(-c4ccccc4)c(-c4ccccc4)n-2c13. The van der Waals surface area contributed by atoms with Gasteiger partial charge in [-0.05, 0) is 107 Å². The number of fused-ring (bicyclic) bond motifs is 11. The quantitative estimate of drug-likeness (QED) is 0.124. The fraction of sp³-hybridized carbons (Fsp3) is 0.148. The number of aromatic nitrogens is 2. The number of hydrogen-bond acceptors (Lipinski definition) is 0. The number of hydrogen-bond donors (Lipinski definition) is 0. The minimum Gasteiger partial charge on any atom is -0.310 e. The molecule has 3 heteroatoms. The van der Waals surface area contributed by atoms with Crippen LogP contribution in [0, 0.1) is 0 Å². The van der Waals surface area contributed by atoms with Crippen LogP contribution in [-0.2, 0) is 10.8 Å². The first-order chi connectivity index (χ1) is 27.6. The lowest BCUT2D eigenvalue weighted by molar-refractivity contribution is 0.590. The zero-order valence-corrected chi connectivity index (χ0v) is 33.4. The van der Waals surface area contributed by atoms with Gasteiger partial charge < -0.3 is 9.13 Å². The summed E-state index contributed by atoms with van der Waals surface area (Å²) in [6.45, 7) is 14.1. The predicted molar refractivity (Wildman–Crippen MR) is 246 cm³/mol. The molecule has 0 spiro atoms. The monoisotopic (exact) mass is 730 g/mol. The van der Waals surface area contributed by atoms with Gasteiger partial charge in [0.25, 0.3) is 6.71 Å². The van der Waals surface area contributed by atoms with Crippen molar-refractivity contribution >= 4 is 77.4 Å². The van der Waals surface area contributed by atoms with Crippen molar-refractivity contribution in [1.82, 2.24) is 9.13 Å². The molecule has 12 rings (SSSR count). The summed E-state index contributed by atoms with van der Waals surface area (Å²) in [6, 6.07) is 57.8. The molecule has 0 amide bonds. The van der Waals surface area contributed by atoms with E-state index in [-0.39, 0.29) is 17.5 Å². The molecule has 0 bridgehead atoms. The fourth-order valence-corrected chi connectivity index (χ4v) is 10.5. The molecule has 0 atom stereocenters. The van der Waals surface area contributed by atoms with E-state index in [1.807, 2.05) is 0 Å². The maximum absolute atomic E-state index is 2.64. The summed E-state index contributed by atoms with van der Waals surface area (Å²) in [5.41, 5.74) is 18.4. The second-order valence-corrected chi connectivity index (χ2v) is 18.5. The molecule has 0 unspecified atom stereocenters. The molecule has 0 fully saturated rings. The largest absolute Gasteiger partial charge is 0.310 e. The van der Waals surface area contributed by atoms with Crippen molar-refractivity contribution in [2.24, 2.45) is 0 Å². The van der Waals surface area contributed by atoms with Gasteiger partial charge in [-0.15, -0.1) is 0 Å². The van der Waals surface area contributed by atoms with Gasteiger partial charge in [0.2, 0.25) is 0 Å². The Morgan fingerprint density at radius 3 is 1.82 bits per heavy atom. The molecule has 8 aromatic carbocycles. The smallest absolute Gasteiger partial charge is 0.253 e. The lowest BCUT2D eigenvalue weighted by atomic mass is 9.33. The van der Waals surface area contributed by atoms with E-state index in [2.05, 4.69) is 202 Å². The normalized spacial score (nSPS) is 13.4. The van der Waals surface area contributed by atoms with Crippen LogP contribution in [0.4, 0.5) is 0 Å². The Labute approximate surface area is 334 Å². The zero-order valence-electron chi connectivity index (χ0n) is 33.4. The third-order valence-electron chi connectivity index (χ3n) is 13.2. The summed E-state index contributed by atoms with van der Waals surface area (Å²) in [6.07, 6.45) is 0. The summed E-state index contributed by atoms with van der Waals surface area (Å²) in [5, 5.41) is 9.21. The molecule has 2 aromatic heterocycles. The lowest BCUT2D eigenvalue weighted by Gasteiger charge is -2.35. The van der Waals surface area contributed by atoms with E-state index in [9.17, 15) is 0 Å². The number of benzene rings is 8. The van der Waals surface area contributed by atoms with E-state index < -0.39 is 0 Å². The number of nitrogens with zero attached hydrogens (tertiary/aromatic N) is 2. The van der Waals surface area contributed by atoms with E-state index in [1.54, 1.807) is 0 Å². The molecule has 0 radical (unpaired) electrons. The van der Waals surface area contributed by atoms with E-state index in [0.29, 0.717) is 0 Å². The van der Waals surface area contributed by atoms with Crippen LogP contribution in [0.2, 0.25) is 0 Å². The van der Waals surface area contributed by atoms with Gasteiger partial charge in [0.1, 0.15) is 0 Å². The molecule has 272 valence electrons. The van der Waals surface area contributed by atoms with Gasteiger partial charge in [-0.25, -0.2) is 0 Å². The van der Waals surface area contributed by atoms with Crippen molar-refractivity contribution in [2.45, 2.75) is 52.4 Å². The Kier molecular flexibility index (Phi) is 6.44. The van der Waals surface area contributed by atoms with Crippen molar-refractivity contribution in [3.63, 3.8) is 0 Å². The molecule has 2 aliphatic heterocycles. The molecule has 10 aromatic rings. The van der Waals surface area contributed by atoms with E-state index in [0.717, 1.165) is 0 Å². The average Bonchev–Trinajstić information content (AvgIpc) is 3.74. The molecule has 2 nitrogen and oxygen atoms in total. The minimum atomic E-state index is -0.0410. The highest BCUT2D eigenvalue weighted by Gasteiger charge is 2.43. The van der Waals surface area contributed by atoms with E-state index in [4.69, 9.17) is 0 Å². The fourth-order valence-electron chi connectivity index (χ4n) is 10.5. The first-order valence-electron chi connectivity index (χ1n) is 20.5. The van der Waals surface area contributed by atoms with Gasteiger partial charge >= 0.3 is 0 Å². The molecule has 4 heterocycles. The molecule has 0 saturated heterocycles. The topological polar surface area (TPSA) is 9.86 Å². The lowest BCUT2D eigenvalue weighted by Crippen LogP contribution is -2.59. The standard InChI is InChI=1S/C54H43BN2/c1-53(2,3)35-25-27-44-40(28-35)41-29-36(54(4,5)6)30-43-51(41)56(44)45-22-15-23-46-49(45)55(43)48-38-26-24-32-16-13-14-21-37(32)39(38)31-42-47(33-17-9-7-10-18-33)50(57(46)52(42)48)34-19-11-8-12-20-34/h7-31H,1-6H3. The third-order valence-corrected chi connectivity index (χ3v) is 13.2. The Bertz CT molecular complexity index is 3350. The van der Waals surface area contributed by atoms with Crippen LogP contribution in [0.1, 0.15) is 52.7 Å². The first-order valence-corrected chi connectivity index (χ1v) is 20.5. The van der Waals surface area contributed by atoms with Crippen molar-refractivity contribution in [2.75, 3.05) is 0 Å². The van der Waals surface area contributed by atoms with Crippen LogP contribution in [0.5, 0.6) is 0 Å². The molecule has 57 heavy (non-hydrogen) atoms. The van der Waals surface area contributed by atoms with E-state index in [1.165, 1.54) is 116 Å². The van der Waals surface area contributed by atoms with Crippen LogP contribution in [0.15, 0.2) is 152 Å². The second kappa shape index (κ2) is 11.2. The van der Waals surface area contributed by atoms with Gasteiger partial charge in [0, 0.05) is 38.6 Å². The molecule has 0 aliphatic carbocycles. The van der Waals surface area contributed by atoms with Gasteiger partial charge in [-0.3, -0.25) is 0 Å². The summed E-state index contributed by atoms with van der Waals surface area (Å²) < 4.78 is 5.26. The highest BCUT2D eigenvalue weighted by atomic mass is 15.0. The summed E-state index contributed by atoms with van der Waals surface area (Å²) in [4.78, 5) is 0. The van der Waals surface area contributed by atoms with Crippen LogP contribution < -0.4 is 16.4 Å². The van der Waals surface area contributed by atoms with Crippen molar-refractivity contribution in [3.05, 3.63) is 163 Å². The molecule has 0 N–H and O–H groups in total. The maximum Gasteiger partial charge on any atom is 0.253 e. The van der Waals surface area contributed by atoms with Crippen LogP contribution in [0.25, 0.3) is 88.0 Å². The molecular weight excluding hydrogens is 687 g/mol. The van der Waals surface area contributed by atoms with Gasteiger partial charge in [0.05, 0.1) is 16.7 Å². The third kappa shape index (κ3) is 4.38. The first kappa shape index (κ1) is 32.9. The molecule has 0 saturated carbocycles. The van der Waals surface area contributed by atoms with Gasteiger partial charge in [0.15, 0.2) is 0 Å². The second-order valence-electron chi connectivity index (χ2n) is 18.5.